The first-order valence-corrected chi connectivity index (χ1v) is 10.7. The molecule has 3 N–H and O–H groups in total. The number of anilines is 1. The lowest BCUT2D eigenvalue weighted by atomic mass is 10.1. The lowest BCUT2D eigenvalue weighted by Crippen LogP contribution is -2.50. The van der Waals surface area contributed by atoms with Crippen LogP contribution in [0.15, 0.2) is 35.3 Å². The normalized spacial score (nSPS) is 19.7. The number of aliphatic hydroxyl groups is 1. The zero-order chi connectivity index (χ0) is 25.3. The molecule has 13 heteroatoms. The number of rotatable bonds is 5. The number of nitrogens with zero attached hydrogens (tertiary/aromatic N) is 3. The molecule has 1 aromatic carbocycles. The molecule has 0 spiro atoms. The molecule has 2 fully saturated rings. The average Bonchev–Trinajstić information content (AvgIpc) is 3.39. The fraction of sp³-hybridized carbons (Fsp3) is 0.318. The highest BCUT2D eigenvalue weighted by Crippen LogP contribution is 2.23. The number of benzene rings is 1. The number of H-pyrrole nitrogens is 1. The molecule has 182 valence electrons. The maximum absolute atomic E-state index is 12.8. The maximum Gasteiger partial charge on any atom is 0.371 e. The first-order chi connectivity index (χ1) is 16.7. The topological polar surface area (TPSA) is 179 Å². The van der Waals surface area contributed by atoms with Crippen molar-refractivity contribution < 1.29 is 33.9 Å². The number of carbonyl (C=O) groups excluding carboxylic acids is 5. The molecule has 0 radical (unpaired) electrons. The highest BCUT2D eigenvalue weighted by molar-refractivity contribution is 6.16. The molecular formula is C22H21N5O8. The molecule has 4 amide bonds. The third-order valence-corrected chi connectivity index (χ3v) is 5.59. The summed E-state index contributed by atoms with van der Waals surface area (Å²) in [6.45, 7) is 1.68. The van der Waals surface area contributed by atoms with Gasteiger partial charge in [0.25, 0.3) is 23.3 Å². The Morgan fingerprint density at radius 2 is 1.77 bits per heavy atom. The molecule has 1 aromatic heterocycles. The maximum atomic E-state index is 12.8. The molecule has 3 heterocycles. The van der Waals surface area contributed by atoms with Gasteiger partial charge in [0.1, 0.15) is 17.4 Å². The van der Waals surface area contributed by atoms with E-state index in [2.05, 4.69) is 15.3 Å². The molecule has 2 aliphatic rings. The molecule has 0 aliphatic carbocycles. The third kappa shape index (κ3) is 4.72. The average molecular weight is 483 g/mol. The van der Waals surface area contributed by atoms with Crippen LogP contribution in [0.4, 0.5) is 5.69 Å². The number of hydrogen-bond donors (Lipinski definition) is 3. The lowest BCUT2D eigenvalue weighted by molar-refractivity contribution is -0.172. The van der Waals surface area contributed by atoms with Gasteiger partial charge in [0, 0.05) is 31.5 Å². The minimum absolute atomic E-state index is 0.0833. The minimum Gasteiger partial charge on any atom is -0.391 e. The SMILES string of the molecule is CC(=O)N(C(=O)[C@H]1NCCC1O)c1ccc(-c2ncc(C(=O)ON3C(=O)CCC3=O)c(=O)[nH]2)cc1. The second-order valence-corrected chi connectivity index (χ2v) is 7.96. The molecule has 1 unspecified atom stereocenters. The summed E-state index contributed by atoms with van der Waals surface area (Å²) in [6.07, 6.45) is 0.285. The van der Waals surface area contributed by atoms with Crippen LogP contribution in [-0.2, 0) is 24.0 Å². The molecule has 13 nitrogen and oxygen atoms in total. The second-order valence-electron chi connectivity index (χ2n) is 7.96. The number of aromatic amines is 1. The number of nitrogens with one attached hydrogen (secondary N) is 2. The predicted molar refractivity (Wildman–Crippen MR) is 117 cm³/mol. The van der Waals surface area contributed by atoms with Crippen LogP contribution >= 0.6 is 0 Å². The van der Waals surface area contributed by atoms with Crippen LogP contribution in [0, 0.1) is 0 Å². The minimum atomic E-state index is -1.21. The number of hydroxylamine groups is 2. The van der Waals surface area contributed by atoms with Crippen LogP contribution in [0.3, 0.4) is 0 Å². The Kier molecular flexibility index (Phi) is 6.53. The standard InChI is InChI=1S/C22H21N5O8/c1-11(28)26(21(33)18-15(29)8-9-23-18)13-4-2-12(3-5-13)19-24-10-14(20(32)25-19)22(34)35-27-16(30)6-7-17(27)31/h2-5,10,15,18,23,29H,6-9H2,1H3,(H,24,25,32)/t15?,18-/m0/s1. The summed E-state index contributed by atoms with van der Waals surface area (Å²) in [5, 5.41) is 13.2. The number of amides is 4. The molecule has 35 heavy (non-hydrogen) atoms. The fourth-order valence-corrected chi connectivity index (χ4v) is 3.79. The van der Waals surface area contributed by atoms with Crippen LogP contribution in [-0.4, -0.2) is 68.4 Å². The smallest absolute Gasteiger partial charge is 0.371 e. The van der Waals surface area contributed by atoms with Gasteiger partial charge in [-0.05, 0) is 37.2 Å². The first kappa shape index (κ1) is 23.9. The van der Waals surface area contributed by atoms with E-state index in [1.807, 2.05) is 0 Å². The molecule has 2 aromatic rings. The third-order valence-electron chi connectivity index (χ3n) is 5.59. The van der Waals surface area contributed by atoms with Gasteiger partial charge in [-0.1, -0.05) is 0 Å². The summed E-state index contributed by atoms with van der Waals surface area (Å²) in [7, 11) is 0. The van der Waals surface area contributed by atoms with Gasteiger partial charge in [-0.2, -0.15) is 0 Å². The number of imide groups is 2. The van der Waals surface area contributed by atoms with E-state index in [0.29, 0.717) is 23.6 Å². The molecule has 2 aliphatic heterocycles. The Labute approximate surface area is 197 Å². The number of hydrogen-bond acceptors (Lipinski definition) is 10. The van der Waals surface area contributed by atoms with Gasteiger partial charge in [-0.3, -0.25) is 24.0 Å². The summed E-state index contributed by atoms with van der Waals surface area (Å²) in [6, 6.07) is 5.07. The summed E-state index contributed by atoms with van der Waals surface area (Å²) < 4.78 is 0. The van der Waals surface area contributed by atoms with E-state index in [1.165, 1.54) is 31.2 Å². The van der Waals surface area contributed by atoms with E-state index in [1.54, 1.807) is 0 Å². The first-order valence-electron chi connectivity index (χ1n) is 10.7. The molecule has 4 rings (SSSR count). The van der Waals surface area contributed by atoms with Gasteiger partial charge in [0.15, 0.2) is 0 Å². The molecule has 0 saturated carbocycles. The Balaban J connectivity index is 1.52. The fourth-order valence-electron chi connectivity index (χ4n) is 3.79. The van der Waals surface area contributed by atoms with E-state index in [0.717, 1.165) is 11.1 Å². The summed E-state index contributed by atoms with van der Waals surface area (Å²) >= 11 is 0. The van der Waals surface area contributed by atoms with Gasteiger partial charge in [0.2, 0.25) is 5.91 Å². The van der Waals surface area contributed by atoms with Crippen molar-refractivity contribution in [3.63, 3.8) is 0 Å². The van der Waals surface area contributed by atoms with Crippen LogP contribution < -0.4 is 15.8 Å². The molecule has 2 saturated heterocycles. The Morgan fingerprint density at radius 1 is 1.11 bits per heavy atom. The highest BCUT2D eigenvalue weighted by atomic mass is 16.7. The lowest BCUT2D eigenvalue weighted by Gasteiger charge is -2.24. The summed E-state index contributed by atoms with van der Waals surface area (Å²) in [5.74, 6) is -3.60. The Morgan fingerprint density at radius 3 is 2.31 bits per heavy atom. The van der Waals surface area contributed by atoms with Crippen LogP contribution in [0.25, 0.3) is 11.4 Å². The van der Waals surface area contributed by atoms with Crippen LogP contribution in [0.1, 0.15) is 36.5 Å². The number of aromatic nitrogens is 2. The number of carbonyl (C=O) groups is 5. The Hall–Kier alpha value is -4.23. The van der Waals surface area contributed by atoms with Gasteiger partial charge >= 0.3 is 5.97 Å². The van der Waals surface area contributed by atoms with Crippen molar-refractivity contribution in [1.82, 2.24) is 20.3 Å². The summed E-state index contributed by atoms with van der Waals surface area (Å²) in [5.41, 5.74) is -0.695. The molecule has 0 bridgehead atoms. The van der Waals surface area contributed by atoms with Crippen LogP contribution in [0.2, 0.25) is 0 Å². The quantitative estimate of drug-likeness (QED) is 0.459. The van der Waals surface area contributed by atoms with Gasteiger partial charge < -0.3 is 20.2 Å². The second kappa shape index (κ2) is 9.56. The zero-order valence-corrected chi connectivity index (χ0v) is 18.5. The predicted octanol–water partition coefficient (Wildman–Crippen LogP) is -0.740. The molecule has 2 atom stereocenters. The van der Waals surface area contributed by atoms with Crippen molar-refractivity contribution in [2.75, 3.05) is 11.4 Å². The van der Waals surface area contributed by atoms with E-state index >= 15 is 0 Å². The molecular weight excluding hydrogens is 462 g/mol. The van der Waals surface area contributed by atoms with Crippen LogP contribution in [0.5, 0.6) is 0 Å². The van der Waals surface area contributed by atoms with Gasteiger partial charge in [-0.25, -0.2) is 14.7 Å². The highest BCUT2D eigenvalue weighted by Gasteiger charge is 2.36. The van der Waals surface area contributed by atoms with Crippen molar-refractivity contribution in [2.45, 2.75) is 38.3 Å². The van der Waals surface area contributed by atoms with Gasteiger partial charge in [0.05, 0.1) is 11.8 Å². The van der Waals surface area contributed by atoms with E-state index in [-0.39, 0.29) is 24.4 Å². The van der Waals surface area contributed by atoms with Gasteiger partial charge in [-0.15, -0.1) is 5.06 Å². The van der Waals surface area contributed by atoms with Crippen molar-refractivity contribution in [3.05, 3.63) is 46.4 Å². The van der Waals surface area contributed by atoms with E-state index < -0.39 is 52.9 Å². The summed E-state index contributed by atoms with van der Waals surface area (Å²) in [4.78, 5) is 84.9. The largest absolute Gasteiger partial charge is 0.391 e. The van der Waals surface area contributed by atoms with Crippen molar-refractivity contribution in [2.24, 2.45) is 0 Å². The van der Waals surface area contributed by atoms with Crippen molar-refractivity contribution >= 4 is 35.3 Å². The monoisotopic (exact) mass is 483 g/mol. The zero-order valence-electron chi connectivity index (χ0n) is 18.5. The van der Waals surface area contributed by atoms with E-state index in [4.69, 9.17) is 4.84 Å². The van der Waals surface area contributed by atoms with Crippen molar-refractivity contribution in [1.29, 1.82) is 0 Å². The number of aliphatic hydroxyl groups excluding tert-OH is 1. The van der Waals surface area contributed by atoms with Crippen molar-refractivity contribution in [3.8, 4) is 11.4 Å². The Bertz CT molecular complexity index is 1260. The van der Waals surface area contributed by atoms with E-state index in [9.17, 15) is 33.9 Å².